The first-order chi connectivity index (χ1) is 10.0. The summed E-state index contributed by atoms with van der Waals surface area (Å²) in [5, 5.41) is 20.2. The van der Waals surface area contributed by atoms with E-state index in [1.165, 1.54) is 6.07 Å². The largest absolute Gasteiger partial charge is 0.477 e. The third-order valence-electron chi connectivity index (χ3n) is 3.32. The number of nitro benzene ring substituents is 1. The standard InChI is InChI=1S/C15H22N2O4/c1-3-9-16(10-4-2)11-8-12-6-5-7-13(17(20)21)14(12)15(18)19/h5-7H,3-4,8-11H2,1-2H3,(H,18,19). The lowest BCUT2D eigenvalue weighted by Crippen LogP contribution is -2.28. The molecule has 6 nitrogen and oxygen atoms in total. The van der Waals surface area contributed by atoms with E-state index in [1.807, 2.05) is 0 Å². The van der Waals surface area contributed by atoms with E-state index in [1.54, 1.807) is 12.1 Å². The molecule has 0 aliphatic heterocycles. The highest BCUT2D eigenvalue weighted by molar-refractivity contribution is 5.94. The van der Waals surface area contributed by atoms with Crippen molar-refractivity contribution in [1.82, 2.24) is 4.90 Å². The molecule has 0 amide bonds. The molecule has 1 aromatic rings. The molecule has 0 aromatic heterocycles. The van der Waals surface area contributed by atoms with Crippen LogP contribution < -0.4 is 0 Å². The molecule has 1 aromatic carbocycles. The quantitative estimate of drug-likeness (QED) is 0.559. The lowest BCUT2D eigenvalue weighted by molar-refractivity contribution is -0.385. The third-order valence-corrected chi connectivity index (χ3v) is 3.32. The highest BCUT2D eigenvalue weighted by Gasteiger charge is 2.23. The van der Waals surface area contributed by atoms with E-state index in [0.29, 0.717) is 18.5 Å². The number of rotatable bonds is 9. The Morgan fingerprint density at radius 2 is 1.86 bits per heavy atom. The zero-order chi connectivity index (χ0) is 15.8. The summed E-state index contributed by atoms with van der Waals surface area (Å²) in [5.74, 6) is -1.24. The van der Waals surface area contributed by atoms with Crippen LogP contribution in [0.4, 0.5) is 5.69 Å². The molecule has 6 heteroatoms. The van der Waals surface area contributed by atoms with Gasteiger partial charge in [0.05, 0.1) is 4.92 Å². The van der Waals surface area contributed by atoms with Gasteiger partial charge in [-0.1, -0.05) is 26.0 Å². The van der Waals surface area contributed by atoms with Gasteiger partial charge in [-0.15, -0.1) is 0 Å². The number of carboxylic acid groups (broad SMARTS) is 1. The Labute approximate surface area is 124 Å². The minimum absolute atomic E-state index is 0.185. The summed E-state index contributed by atoms with van der Waals surface area (Å²) in [6.45, 7) is 6.80. The zero-order valence-electron chi connectivity index (χ0n) is 12.5. The molecule has 0 atom stereocenters. The highest BCUT2D eigenvalue weighted by atomic mass is 16.6. The molecular formula is C15H22N2O4. The lowest BCUT2D eigenvalue weighted by Gasteiger charge is -2.21. The second-order valence-corrected chi connectivity index (χ2v) is 4.97. The van der Waals surface area contributed by atoms with Crippen molar-refractivity contribution in [3.8, 4) is 0 Å². The van der Waals surface area contributed by atoms with E-state index in [9.17, 15) is 20.0 Å². The predicted octanol–water partition coefficient (Wildman–Crippen LogP) is 2.96. The molecule has 0 unspecified atom stereocenters. The van der Waals surface area contributed by atoms with E-state index in [4.69, 9.17) is 0 Å². The Balaban J connectivity index is 2.94. The molecule has 0 heterocycles. The molecule has 0 aliphatic carbocycles. The fourth-order valence-corrected chi connectivity index (χ4v) is 2.44. The molecule has 0 saturated heterocycles. The number of nitro groups is 1. The topological polar surface area (TPSA) is 83.7 Å². The number of aromatic carboxylic acids is 1. The van der Waals surface area contributed by atoms with Crippen molar-refractivity contribution in [2.24, 2.45) is 0 Å². The van der Waals surface area contributed by atoms with E-state index in [-0.39, 0.29) is 11.3 Å². The van der Waals surface area contributed by atoms with E-state index in [2.05, 4.69) is 18.7 Å². The predicted molar refractivity (Wildman–Crippen MR) is 80.8 cm³/mol. The van der Waals surface area contributed by atoms with Gasteiger partial charge in [0.1, 0.15) is 5.56 Å². The second kappa shape index (κ2) is 8.36. The molecule has 21 heavy (non-hydrogen) atoms. The Hall–Kier alpha value is -1.95. The fourth-order valence-electron chi connectivity index (χ4n) is 2.44. The molecule has 0 aliphatic rings. The van der Waals surface area contributed by atoms with Crippen LogP contribution in [0.1, 0.15) is 42.6 Å². The van der Waals surface area contributed by atoms with Crippen LogP contribution in [0.25, 0.3) is 0 Å². The van der Waals surface area contributed by atoms with Crippen LogP contribution >= 0.6 is 0 Å². The van der Waals surface area contributed by atoms with Crippen LogP contribution in [0.3, 0.4) is 0 Å². The Bertz CT molecular complexity index is 496. The average Bonchev–Trinajstić information content (AvgIpc) is 2.44. The van der Waals surface area contributed by atoms with Gasteiger partial charge >= 0.3 is 5.97 Å². The maximum absolute atomic E-state index is 11.3. The summed E-state index contributed by atoms with van der Waals surface area (Å²) in [5.41, 5.74) is 0.00175. The third kappa shape index (κ3) is 4.82. The van der Waals surface area contributed by atoms with Gasteiger partial charge in [-0.25, -0.2) is 4.79 Å². The van der Waals surface area contributed by atoms with Crippen molar-refractivity contribution in [2.75, 3.05) is 19.6 Å². The Morgan fingerprint density at radius 3 is 2.33 bits per heavy atom. The molecular weight excluding hydrogens is 272 g/mol. The number of benzene rings is 1. The number of hydrogen-bond acceptors (Lipinski definition) is 4. The summed E-state index contributed by atoms with van der Waals surface area (Å²) < 4.78 is 0. The summed E-state index contributed by atoms with van der Waals surface area (Å²) in [4.78, 5) is 23.9. The van der Waals surface area contributed by atoms with E-state index < -0.39 is 10.9 Å². The van der Waals surface area contributed by atoms with Crippen LogP contribution in [0.15, 0.2) is 18.2 Å². The van der Waals surface area contributed by atoms with Crippen molar-refractivity contribution >= 4 is 11.7 Å². The average molecular weight is 294 g/mol. The smallest absolute Gasteiger partial charge is 0.343 e. The molecule has 0 spiro atoms. The van der Waals surface area contributed by atoms with Gasteiger partial charge in [-0.05, 0) is 37.9 Å². The second-order valence-electron chi connectivity index (χ2n) is 4.97. The molecule has 1 rings (SSSR count). The maximum atomic E-state index is 11.3. The Kier molecular flexibility index (Phi) is 6.81. The van der Waals surface area contributed by atoms with Gasteiger partial charge in [0.2, 0.25) is 0 Å². The van der Waals surface area contributed by atoms with E-state index in [0.717, 1.165) is 25.9 Å². The number of carbonyl (C=O) groups is 1. The van der Waals surface area contributed by atoms with Crippen LogP contribution in [-0.2, 0) is 6.42 Å². The van der Waals surface area contributed by atoms with Crippen molar-refractivity contribution in [3.05, 3.63) is 39.4 Å². The SMILES string of the molecule is CCCN(CCC)CCc1cccc([N+](=O)[O-])c1C(=O)O. The minimum atomic E-state index is -1.24. The van der Waals surface area contributed by atoms with Crippen LogP contribution in [0.5, 0.6) is 0 Å². The van der Waals surface area contributed by atoms with Gasteiger partial charge in [-0.3, -0.25) is 10.1 Å². The monoisotopic (exact) mass is 294 g/mol. The molecule has 0 radical (unpaired) electrons. The first kappa shape index (κ1) is 17.1. The molecule has 0 saturated carbocycles. The van der Waals surface area contributed by atoms with Gasteiger partial charge in [0, 0.05) is 12.6 Å². The van der Waals surface area contributed by atoms with Crippen LogP contribution in [-0.4, -0.2) is 40.5 Å². The first-order valence-corrected chi connectivity index (χ1v) is 7.23. The summed E-state index contributed by atoms with van der Waals surface area (Å²) in [6, 6.07) is 4.44. The van der Waals surface area contributed by atoms with Crippen molar-refractivity contribution in [3.63, 3.8) is 0 Å². The minimum Gasteiger partial charge on any atom is -0.477 e. The Morgan fingerprint density at radius 1 is 1.24 bits per heavy atom. The molecule has 116 valence electrons. The van der Waals surface area contributed by atoms with E-state index >= 15 is 0 Å². The van der Waals surface area contributed by atoms with Gasteiger partial charge in [-0.2, -0.15) is 0 Å². The first-order valence-electron chi connectivity index (χ1n) is 7.23. The lowest BCUT2D eigenvalue weighted by atomic mass is 10.0. The summed E-state index contributed by atoms with van der Waals surface area (Å²) in [6.07, 6.45) is 2.56. The number of carboxylic acids is 1. The number of hydrogen-bond donors (Lipinski definition) is 1. The number of nitrogens with zero attached hydrogens (tertiary/aromatic N) is 2. The van der Waals surface area contributed by atoms with Gasteiger partial charge in [0.15, 0.2) is 0 Å². The van der Waals surface area contributed by atoms with Crippen molar-refractivity contribution in [1.29, 1.82) is 0 Å². The van der Waals surface area contributed by atoms with Crippen LogP contribution in [0, 0.1) is 10.1 Å². The molecule has 0 fully saturated rings. The van der Waals surface area contributed by atoms with Crippen molar-refractivity contribution < 1.29 is 14.8 Å². The zero-order valence-corrected chi connectivity index (χ0v) is 12.5. The van der Waals surface area contributed by atoms with Crippen molar-refractivity contribution in [2.45, 2.75) is 33.1 Å². The van der Waals surface area contributed by atoms with Gasteiger partial charge in [0.25, 0.3) is 5.69 Å². The summed E-state index contributed by atoms with van der Waals surface area (Å²) in [7, 11) is 0. The van der Waals surface area contributed by atoms with Crippen LogP contribution in [0.2, 0.25) is 0 Å². The maximum Gasteiger partial charge on any atom is 0.343 e. The normalized spacial score (nSPS) is 10.8. The summed E-state index contributed by atoms with van der Waals surface area (Å²) >= 11 is 0. The molecule has 0 bridgehead atoms. The highest BCUT2D eigenvalue weighted by Crippen LogP contribution is 2.23. The van der Waals surface area contributed by atoms with Gasteiger partial charge < -0.3 is 10.0 Å². The molecule has 1 N–H and O–H groups in total. The fraction of sp³-hybridized carbons (Fsp3) is 0.533.